The molecule has 1 N–H and O–H groups in total. The van der Waals surface area contributed by atoms with Gasteiger partial charge in [-0.1, -0.05) is 19.8 Å². The molecule has 0 bridgehead atoms. The number of hydrogen-bond acceptors (Lipinski definition) is 1. The Morgan fingerprint density at radius 1 is 1.00 bits per heavy atom. The molecule has 0 aromatic rings. The zero-order chi connectivity index (χ0) is 8.39. The van der Waals surface area contributed by atoms with Gasteiger partial charge >= 0.3 is 0 Å². The third kappa shape index (κ3) is 1.66. The largest absolute Gasteiger partial charge is 0.313 e. The Hall–Kier alpha value is -0.0400. The molecule has 1 aliphatic heterocycles. The van der Waals surface area contributed by atoms with Gasteiger partial charge in [0.1, 0.15) is 0 Å². The molecule has 1 saturated carbocycles. The van der Waals surface area contributed by atoms with Crippen LogP contribution in [0.3, 0.4) is 0 Å². The number of nitrogens with one attached hydrogen (secondary N) is 1. The second-order valence-electron chi connectivity index (χ2n) is 4.64. The van der Waals surface area contributed by atoms with E-state index in [0.717, 1.165) is 17.9 Å². The van der Waals surface area contributed by atoms with Crippen LogP contribution in [-0.2, 0) is 0 Å². The van der Waals surface area contributed by atoms with Gasteiger partial charge in [0.05, 0.1) is 0 Å². The van der Waals surface area contributed by atoms with Crippen LogP contribution in [0, 0.1) is 11.8 Å². The SMILES string of the molecule is CC1CCCCC2CCCNC12. The van der Waals surface area contributed by atoms with Crippen LogP contribution in [0.4, 0.5) is 0 Å². The summed E-state index contributed by atoms with van der Waals surface area (Å²) in [5.74, 6) is 1.94. The molecule has 0 radical (unpaired) electrons. The first-order chi connectivity index (χ1) is 5.88. The molecule has 0 aromatic heterocycles. The monoisotopic (exact) mass is 167 g/mol. The summed E-state index contributed by atoms with van der Waals surface area (Å²) in [6.45, 7) is 3.70. The molecule has 3 atom stereocenters. The Morgan fingerprint density at radius 3 is 2.67 bits per heavy atom. The van der Waals surface area contributed by atoms with Gasteiger partial charge in [-0.2, -0.15) is 0 Å². The summed E-state index contributed by atoms with van der Waals surface area (Å²) in [7, 11) is 0. The van der Waals surface area contributed by atoms with Crippen LogP contribution in [-0.4, -0.2) is 12.6 Å². The van der Waals surface area contributed by atoms with Gasteiger partial charge in [0.15, 0.2) is 0 Å². The van der Waals surface area contributed by atoms with Crippen LogP contribution in [0.1, 0.15) is 45.4 Å². The third-order valence-corrected chi connectivity index (χ3v) is 3.74. The van der Waals surface area contributed by atoms with Gasteiger partial charge in [-0.15, -0.1) is 0 Å². The fourth-order valence-corrected chi connectivity index (χ4v) is 3.02. The average molecular weight is 167 g/mol. The normalized spacial score (nSPS) is 43.2. The lowest BCUT2D eigenvalue weighted by molar-refractivity contribution is 0.220. The van der Waals surface area contributed by atoms with Crippen LogP contribution >= 0.6 is 0 Å². The maximum Gasteiger partial charge on any atom is 0.0121 e. The van der Waals surface area contributed by atoms with Crippen LogP contribution in [0.25, 0.3) is 0 Å². The molecule has 12 heavy (non-hydrogen) atoms. The third-order valence-electron chi connectivity index (χ3n) is 3.74. The van der Waals surface area contributed by atoms with E-state index in [4.69, 9.17) is 0 Å². The minimum absolute atomic E-state index is 0.862. The van der Waals surface area contributed by atoms with Gasteiger partial charge < -0.3 is 5.32 Å². The first-order valence-electron chi connectivity index (χ1n) is 5.61. The van der Waals surface area contributed by atoms with E-state index in [9.17, 15) is 0 Å². The lowest BCUT2D eigenvalue weighted by Crippen LogP contribution is -2.44. The summed E-state index contributed by atoms with van der Waals surface area (Å²) in [4.78, 5) is 0. The molecule has 1 heterocycles. The van der Waals surface area contributed by atoms with Crippen molar-refractivity contribution in [3.63, 3.8) is 0 Å². The minimum Gasteiger partial charge on any atom is -0.313 e. The van der Waals surface area contributed by atoms with Crippen molar-refractivity contribution in [2.45, 2.75) is 51.5 Å². The predicted octanol–water partition coefficient (Wildman–Crippen LogP) is 2.56. The van der Waals surface area contributed by atoms with E-state index in [-0.39, 0.29) is 0 Å². The Labute approximate surface area is 75.9 Å². The van der Waals surface area contributed by atoms with Crippen molar-refractivity contribution in [2.75, 3.05) is 6.54 Å². The second kappa shape index (κ2) is 3.78. The maximum absolute atomic E-state index is 3.71. The van der Waals surface area contributed by atoms with Gasteiger partial charge in [0, 0.05) is 6.04 Å². The van der Waals surface area contributed by atoms with Crippen molar-refractivity contribution >= 4 is 0 Å². The molecule has 1 aliphatic carbocycles. The Morgan fingerprint density at radius 2 is 1.75 bits per heavy atom. The van der Waals surface area contributed by atoms with Gasteiger partial charge in [-0.3, -0.25) is 0 Å². The van der Waals surface area contributed by atoms with E-state index in [1.54, 1.807) is 0 Å². The van der Waals surface area contributed by atoms with Crippen LogP contribution < -0.4 is 5.32 Å². The summed E-state index contributed by atoms with van der Waals surface area (Å²) in [5.41, 5.74) is 0. The number of fused-ring (bicyclic) bond motifs is 1. The standard InChI is InChI=1S/C11H21N/c1-9-5-2-3-6-10-7-4-8-12-11(9)10/h9-12H,2-8H2,1H3. The smallest absolute Gasteiger partial charge is 0.0121 e. The summed E-state index contributed by atoms with van der Waals surface area (Å²) >= 11 is 0. The average Bonchev–Trinajstić information content (AvgIpc) is 2.29. The van der Waals surface area contributed by atoms with E-state index in [1.165, 1.54) is 45.1 Å². The number of hydrogen-bond donors (Lipinski definition) is 1. The molecular weight excluding hydrogens is 146 g/mol. The summed E-state index contributed by atoms with van der Waals surface area (Å²) in [6.07, 6.45) is 8.79. The summed E-state index contributed by atoms with van der Waals surface area (Å²) in [6, 6.07) is 0.862. The van der Waals surface area contributed by atoms with Crippen molar-refractivity contribution in [1.82, 2.24) is 5.32 Å². The molecule has 70 valence electrons. The van der Waals surface area contributed by atoms with Gasteiger partial charge in [0.2, 0.25) is 0 Å². The number of rotatable bonds is 0. The second-order valence-corrected chi connectivity index (χ2v) is 4.64. The predicted molar refractivity (Wildman–Crippen MR) is 52.1 cm³/mol. The van der Waals surface area contributed by atoms with Crippen molar-refractivity contribution in [2.24, 2.45) is 11.8 Å². The lowest BCUT2D eigenvalue weighted by Gasteiger charge is -2.34. The minimum atomic E-state index is 0.862. The van der Waals surface area contributed by atoms with Crippen LogP contribution in [0.15, 0.2) is 0 Å². The molecule has 2 rings (SSSR count). The van der Waals surface area contributed by atoms with Gasteiger partial charge in [-0.05, 0) is 44.1 Å². The summed E-state index contributed by atoms with van der Waals surface area (Å²) < 4.78 is 0. The quantitative estimate of drug-likeness (QED) is 0.584. The molecule has 2 fully saturated rings. The van der Waals surface area contributed by atoms with Crippen molar-refractivity contribution in [3.8, 4) is 0 Å². The fraction of sp³-hybridized carbons (Fsp3) is 1.00. The molecule has 1 heteroatoms. The van der Waals surface area contributed by atoms with E-state index in [0.29, 0.717) is 0 Å². The Kier molecular flexibility index (Phi) is 2.69. The highest BCUT2D eigenvalue weighted by atomic mass is 14.9. The van der Waals surface area contributed by atoms with Gasteiger partial charge in [-0.25, -0.2) is 0 Å². The highest BCUT2D eigenvalue weighted by molar-refractivity contribution is 4.86. The number of piperidine rings is 1. The highest BCUT2D eigenvalue weighted by Crippen LogP contribution is 2.32. The zero-order valence-electron chi connectivity index (χ0n) is 8.18. The Bertz CT molecular complexity index is 144. The first kappa shape index (κ1) is 8.55. The lowest BCUT2D eigenvalue weighted by atomic mass is 9.82. The van der Waals surface area contributed by atoms with Crippen molar-refractivity contribution in [3.05, 3.63) is 0 Å². The van der Waals surface area contributed by atoms with E-state index >= 15 is 0 Å². The van der Waals surface area contributed by atoms with Crippen molar-refractivity contribution < 1.29 is 0 Å². The maximum atomic E-state index is 3.71. The van der Waals surface area contributed by atoms with Gasteiger partial charge in [0.25, 0.3) is 0 Å². The molecule has 3 unspecified atom stereocenters. The van der Waals surface area contributed by atoms with E-state index in [1.807, 2.05) is 0 Å². The van der Waals surface area contributed by atoms with E-state index < -0.39 is 0 Å². The highest BCUT2D eigenvalue weighted by Gasteiger charge is 2.30. The Balaban J connectivity index is 2.01. The molecule has 1 saturated heterocycles. The summed E-state index contributed by atoms with van der Waals surface area (Å²) in [5, 5.41) is 3.71. The topological polar surface area (TPSA) is 12.0 Å². The van der Waals surface area contributed by atoms with Crippen LogP contribution in [0.5, 0.6) is 0 Å². The molecule has 0 amide bonds. The zero-order valence-corrected chi connectivity index (χ0v) is 8.18. The molecule has 0 spiro atoms. The van der Waals surface area contributed by atoms with Crippen molar-refractivity contribution in [1.29, 1.82) is 0 Å². The van der Waals surface area contributed by atoms with E-state index in [2.05, 4.69) is 12.2 Å². The molecule has 2 aliphatic rings. The first-order valence-corrected chi connectivity index (χ1v) is 5.61. The fourth-order valence-electron chi connectivity index (χ4n) is 3.02. The van der Waals surface area contributed by atoms with Crippen LogP contribution in [0.2, 0.25) is 0 Å². The molecule has 0 aromatic carbocycles. The molecule has 1 nitrogen and oxygen atoms in total. The molecular formula is C11H21N.